The van der Waals surface area contributed by atoms with E-state index in [0.29, 0.717) is 48.4 Å². The summed E-state index contributed by atoms with van der Waals surface area (Å²) in [6.07, 6.45) is 2.80. The van der Waals surface area contributed by atoms with Crippen LogP contribution in [0.2, 0.25) is 0 Å². The van der Waals surface area contributed by atoms with Crippen LogP contribution in [0, 0.1) is 13.8 Å². The number of nitrogens with zero attached hydrogens (tertiary/aromatic N) is 5. The van der Waals surface area contributed by atoms with Gasteiger partial charge in [0.1, 0.15) is 17.2 Å². The second kappa shape index (κ2) is 7.97. The lowest BCUT2D eigenvalue weighted by Gasteiger charge is -2.39. The molecule has 0 unspecified atom stereocenters. The van der Waals surface area contributed by atoms with Gasteiger partial charge in [-0.1, -0.05) is 0 Å². The molecule has 11 heteroatoms. The molecule has 4 rings (SSSR count). The monoisotopic (exact) mass is 443 g/mol. The van der Waals surface area contributed by atoms with Crippen LogP contribution in [0.5, 0.6) is 0 Å². The summed E-state index contributed by atoms with van der Waals surface area (Å²) in [6, 6.07) is 1.30. The Morgan fingerprint density at radius 3 is 2.61 bits per heavy atom. The average Bonchev–Trinajstić information content (AvgIpc) is 3.23. The van der Waals surface area contributed by atoms with Crippen LogP contribution in [-0.4, -0.2) is 56.3 Å². The molecule has 2 aromatic rings. The molecule has 31 heavy (non-hydrogen) atoms. The van der Waals surface area contributed by atoms with Crippen molar-refractivity contribution in [3.63, 3.8) is 0 Å². The Balaban J connectivity index is 1.46. The molecule has 164 valence electrons. The first kappa shape index (κ1) is 21.3. The molecule has 0 saturated carbocycles. The van der Waals surface area contributed by atoms with E-state index in [0.717, 1.165) is 9.78 Å². The Hall–Kier alpha value is -2.92. The smallest absolute Gasteiger partial charge is 0.323 e. The second-order valence-electron chi connectivity index (χ2n) is 8.03. The quantitative estimate of drug-likeness (QED) is 0.695. The number of aryl methyl sites for hydroxylation is 2. The summed E-state index contributed by atoms with van der Waals surface area (Å²) < 4.78 is 0. The zero-order valence-corrected chi connectivity index (χ0v) is 18.7. The van der Waals surface area contributed by atoms with Crippen LogP contribution >= 0.6 is 11.3 Å². The van der Waals surface area contributed by atoms with Crippen molar-refractivity contribution in [1.29, 1.82) is 0 Å². The highest BCUT2D eigenvalue weighted by Crippen LogP contribution is 2.36. The number of anilines is 2. The number of piperidine rings is 1. The SMILES string of the molecule is CC(=O)Nc1ncc([C@H](C)N2CCC3(CC2)NC(=O)N(c2cc(C)nc(C)n2)C3=O)s1. The van der Waals surface area contributed by atoms with E-state index >= 15 is 0 Å². The number of hydrogen-bond donors (Lipinski definition) is 2. The highest BCUT2D eigenvalue weighted by molar-refractivity contribution is 7.15. The highest BCUT2D eigenvalue weighted by atomic mass is 32.1. The zero-order valence-electron chi connectivity index (χ0n) is 17.9. The van der Waals surface area contributed by atoms with Gasteiger partial charge >= 0.3 is 6.03 Å². The van der Waals surface area contributed by atoms with E-state index in [9.17, 15) is 14.4 Å². The van der Waals surface area contributed by atoms with E-state index in [1.807, 2.05) is 6.92 Å². The Kier molecular flexibility index (Phi) is 5.48. The standard InChI is InChI=1S/C20H25N7O3S/c1-11-9-16(23-13(3)22-11)27-17(29)20(25-19(27)30)5-7-26(8-6-20)12(2)15-10-21-18(31-15)24-14(4)28/h9-10,12H,5-8H2,1-4H3,(H,25,30)(H,21,24,28)/t12-/m0/s1. The maximum atomic E-state index is 13.3. The Bertz CT molecular complexity index is 1020. The van der Waals surface area contributed by atoms with E-state index in [4.69, 9.17) is 0 Å². The molecule has 1 atom stereocenters. The Morgan fingerprint density at radius 2 is 1.97 bits per heavy atom. The molecule has 2 aliphatic heterocycles. The largest absolute Gasteiger partial charge is 0.330 e. The van der Waals surface area contributed by atoms with Crippen LogP contribution < -0.4 is 15.5 Å². The molecular formula is C20H25N7O3S. The van der Waals surface area contributed by atoms with E-state index in [1.54, 1.807) is 19.2 Å². The normalized spacial score (nSPS) is 19.5. The summed E-state index contributed by atoms with van der Waals surface area (Å²) in [5.74, 6) is 0.425. The predicted octanol–water partition coefficient (Wildman–Crippen LogP) is 2.16. The van der Waals surface area contributed by atoms with Gasteiger partial charge in [0.15, 0.2) is 5.13 Å². The number of carbonyl (C=O) groups excluding carboxylic acids is 3. The molecule has 2 aromatic heterocycles. The molecule has 2 N–H and O–H groups in total. The zero-order chi connectivity index (χ0) is 22.3. The van der Waals surface area contributed by atoms with Crippen molar-refractivity contribution in [3.05, 3.63) is 28.7 Å². The number of thiazole rings is 1. The second-order valence-corrected chi connectivity index (χ2v) is 9.09. The summed E-state index contributed by atoms with van der Waals surface area (Å²) in [5, 5.41) is 6.20. The molecule has 0 aromatic carbocycles. The molecule has 1 spiro atoms. The van der Waals surface area contributed by atoms with Gasteiger partial charge in [-0.15, -0.1) is 11.3 Å². The van der Waals surface area contributed by atoms with Crippen LogP contribution in [0.25, 0.3) is 0 Å². The number of rotatable bonds is 4. The number of aromatic nitrogens is 3. The highest BCUT2D eigenvalue weighted by Gasteiger charge is 2.53. The molecule has 10 nitrogen and oxygen atoms in total. The fraction of sp³-hybridized carbons (Fsp3) is 0.500. The molecule has 4 amide bonds. The van der Waals surface area contributed by atoms with Crippen molar-refractivity contribution in [2.75, 3.05) is 23.3 Å². The summed E-state index contributed by atoms with van der Waals surface area (Å²) in [7, 11) is 0. The number of imide groups is 1. The first-order chi connectivity index (χ1) is 14.7. The summed E-state index contributed by atoms with van der Waals surface area (Å²) in [4.78, 5) is 54.4. The van der Waals surface area contributed by atoms with E-state index in [-0.39, 0.29) is 17.9 Å². The minimum atomic E-state index is -0.908. The molecule has 4 heterocycles. The van der Waals surface area contributed by atoms with Crippen molar-refractivity contribution in [2.45, 2.75) is 52.1 Å². The lowest BCUT2D eigenvalue weighted by atomic mass is 9.87. The number of nitrogens with one attached hydrogen (secondary N) is 2. The van der Waals surface area contributed by atoms with Crippen molar-refractivity contribution < 1.29 is 14.4 Å². The van der Waals surface area contributed by atoms with Crippen LogP contribution in [0.1, 0.15) is 49.1 Å². The van der Waals surface area contributed by atoms with Crippen molar-refractivity contribution >= 4 is 40.1 Å². The number of hydrogen-bond acceptors (Lipinski definition) is 8. The van der Waals surface area contributed by atoms with Crippen LogP contribution in [-0.2, 0) is 9.59 Å². The maximum absolute atomic E-state index is 13.3. The van der Waals surface area contributed by atoms with Gasteiger partial charge < -0.3 is 10.6 Å². The third kappa shape index (κ3) is 4.02. The third-order valence-corrected chi connectivity index (χ3v) is 6.84. The van der Waals surface area contributed by atoms with Gasteiger partial charge in [0.2, 0.25) is 5.91 Å². The maximum Gasteiger partial charge on any atom is 0.330 e. The van der Waals surface area contributed by atoms with Crippen LogP contribution in [0.3, 0.4) is 0 Å². The molecular weight excluding hydrogens is 418 g/mol. The topological polar surface area (TPSA) is 120 Å². The first-order valence-electron chi connectivity index (χ1n) is 10.1. The summed E-state index contributed by atoms with van der Waals surface area (Å²) in [5.41, 5.74) is -0.203. The van der Waals surface area contributed by atoms with Gasteiger partial charge in [-0.05, 0) is 33.6 Å². The fourth-order valence-corrected chi connectivity index (χ4v) is 5.09. The van der Waals surface area contributed by atoms with E-state index < -0.39 is 11.6 Å². The lowest BCUT2D eigenvalue weighted by molar-refractivity contribution is -0.124. The molecule has 0 aliphatic carbocycles. The number of amides is 4. The minimum absolute atomic E-state index is 0.0906. The van der Waals surface area contributed by atoms with E-state index in [2.05, 4.69) is 37.4 Å². The predicted molar refractivity (Wildman–Crippen MR) is 116 cm³/mol. The molecule has 2 fully saturated rings. The molecule has 2 aliphatic rings. The lowest BCUT2D eigenvalue weighted by Crippen LogP contribution is -2.55. The number of likely N-dealkylation sites (tertiary alicyclic amines) is 1. The van der Waals surface area contributed by atoms with Gasteiger partial charge in [-0.3, -0.25) is 14.5 Å². The summed E-state index contributed by atoms with van der Waals surface area (Å²) >= 11 is 1.44. The van der Waals surface area contributed by atoms with Gasteiger partial charge in [-0.25, -0.2) is 24.6 Å². The number of carbonyl (C=O) groups is 3. The molecule has 2 saturated heterocycles. The Morgan fingerprint density at radius 1 is 1.26 bits per heavy atom. The molecule has 0 radical (unpaired) electrons. The third-order valence-electron chi connectivity index (χ3n) is 5.76. The van der Waals surface area contributed by atoms with Crippen LogP contribution in [0.15, 0.2) is 12.3 Å². The number of urea groups is 1. The van der Waals surface area contributed by atoms with Gasteiger partial charge in [0.25, 0.3) is 5.91 Å². The van der Waals surface area contributed by atoms with Crippen molar-refractivity contribution in [2.24, 2.45) is 0 Å². The van der Waals surface area contributed by atoms with Crippen molar-refractivity contribution in [3.8, 4) is 0 Å². The van der Waals surface area contributed by atoms with Gasteiger partial charge in [0.05, 0.1) is 0 Å². The minimum Gasteiger partial charge on any atom is -0.323 e. The summed E-state index contributed by atoms with van der Waals surface area (Å²) in [6.45, 7) is 8.38. The van der Waals surface area contributed by atoms with Gasteiger partial charge in [0, 0.05) is 48.9 Å². The fourth-order valence-electron chi connectivity index (χ4n) is 4.14. The first-order valence-corrected chi connectivity index (χ1v) is 11.0. The average molecular weight is 444 g/mol. The van der Waals surface area contributed by atoms with Crippen molar-refractivity contribution in [1.82, 2.24) is 25.2 Å². The Labute approximate surface area is 184 Å². The van der Waals surface area contributed by atoms with Crippen LogP contribution in [0.4, 0.5) is 15.7 Å². The van der Waals surface area contributed by atoms with Gasteiger partial charge in [-0.2, -0.15) is 0 Å². The molecule has 0 bridgehead atoms. The van der Waals surface area contributed by atoms with E-state index in [1.165, 1.54) is 18.3 Å².